The summed E-state index contributed by atoms with van der Waals surface area (Å²) in [6.45, 7) is 0. The maximum absolute atomic E-state index is 11.8. The first kappa shape index (κ1) is 14.8. The first-order chi connectivity index (χ1) is 10.2. The lowest BCUT2D eigenvalue weighted by atomic mass is 10.2. The Balaban J connectivity index is 1.83. The molecule has 1 amide bonds. The number of hydrogen-bond acceptors (Lipinski definition) is 3. The zero-order valence-electron chi connectivity index (χ0n) is 11.4. The van der Waals surface area contributed by atoms with E-state index in [1.54, 1.807) is 31.4 Å². The predicted octanol–water partition coefficient (Wildman–Crippen LogP) is 2.33. The quantitative estimate of drug-likeness (QED) is 0.600. The van der Waals surface area contributed by atoms with E-state index < -0.39 is 0 Å². The van der Waals surface area contributed by atoms with Crippen LogP contribution in [0.4, 0.5) is 5.69 Å². The zero-order chi connectivity index (χ0) is 15.1. The maximum Gasteiger partial charge on any atom is 0.269 e. The topological polar surface area (TPSA) is 62.4 Å². The molecule has 6 heteroatoms. The average Bonchev–Trinajstić information content (AvgIpc) is 2.54. The van der Waals surface area contributed by atoms with Crippen molar-refractivity contribution in [2.24, 2.45) is 0 Å². The van der Waals surface area contributed by atoms with Crippen LogP contribution < -0.4 is 20.9 Å². The van der Waals surface area contributed by atoms with Crippen molar-refractivity contribution in [1.82, 2.24) is 10.9 Å². The van der Waals surface area contributed by atoms with Gasteiger partial charge in [0.25, 0.3) is 5.91 Å². The van der Waals surface area contributed by atoms with Gasteiger partial charge in [0, 0.05) is 11.3 Å². The number of ether oxygens (including phenoxy) is 1. The number of benzene rings is 2. The Labute approximate surface area is 128 Å². The molecule has 3 N–H and O–H groups in total. The molecule has 2 rings (SSSR count). The standard InChI is InChI=1S/C15H15N3O2S/c1-20-13-9-7-12(8-10-13)16-15(21)18-17-14(19)11-5-3-2-4-6-11/h2-10H,1H3,(H,17,19)(H2,16,18,21). The minimum atomic E-state index is -0.255. The number of carbonyl (C=O) groups excluding carboxylic acids is 1. The van der Waals surface area contributed by atoms with Crippen molar-refractivity contribution in [2.45, 2.75) is 0 Å². The van der Waals surface area contributed by atoms with Gasteiger partial charge < -0.3 is 10.1 Å². The smallest absolute Gasteiger partial charge is 0.269 e. The summed E-state index contributed by atoms with van der Waals surface area (Å²) in [6, 6.07) is 16.2. The van der Waals surface area contributed by atoms with E-state index in [1.165, 1.54) is 0 Å². The Morgan fingerprint density at radius 2 is 1.67 bits per heavy atom. The Morgan fingerprint density at radius 1 is 1.00 bits per heavy atom. The van der Waals surface area contributed by atoms with Crippen molar-refractivity contribution in [3.05, 3.63) is 60.2 Å². The number of nitrogens with one attached hydrogen (secondary N) is 3. The van der Waals surface area contributed by atoms with Crippen molar-refractivity contribution >= 4 is 28.9 Å². The number of anilines is 1. The lowest BCUT2D eigenvalue weighted by Gasteiger charge is -2.11. The van der Waals surface area contributed by atoms with E-state index in [0.717, 1.165) is 11.4 Å². The Kier molecular flexibility index (Phi) is 5.11. The number of amides is 1. The summed E-state index contributed by atoms with van der Waals surface area (Å²) in [5.41, 5.74) is 6.52. The van der Waals surface area contributed by atoms with Crippen LogP contribution in [0.5, 0.6) is 5.75 Å². The molecule has 0 saturated carbocycles. The third-order valence-corrected chi connectivity index (χ3v) is 2.88. The highest BCUT2D eigenvalue weighted by atomic mass is 32.1. The van der Waals surface area contributed by atoms with Gasteiger partial charge in [0.05, 0.1) is 7.11 Å². The summed E-state index contributed by atoms with van der Waals surface area (Å²) in [4.78, 5) is 11.8. The number of hydrazine groups is 1. The monoisotopic (exact) mass is 301 g/mol. The van der Waals surface area contributed by atoms with Gasteiger partial charge in [-0.25, -0.2) is 0 Å². The average molecular weight is 301 g/mol. The van der Waals surface area contributed by atoms with Crippen LogP contribution in [-0.2, 0) is 0 Å². The van der Waals surface area contributed by atoms with E-state index in [4.69, 9.17) is 17.0 Å². The second-order valence-electron chi connectivity index (χ2n) is 4.13. The normalized spacial score (nSPS) is 9.57. The largest absolute Gasteiger partial charge is 0.497 e. The molecular formula is C15H15N3O2S. The molecule has 0 aromatic heterocycles. The molecule has 0 fully saturated rings. The van der Waals surface area contributed by atoms with Gasteiger partial charge in [-0.05, 0) is 48.6 Å². The molecule has 2 aromatic carbocycles. The van der Waals surface area contributed by atoms with Crippen molar-refractivity contribution in [3.8, 4) is 5.75 Å². The number of thiocarbonyl (C=S) groups is 1. The lowest BCUT2D eigenvalue weighted by molar-refractivity contribution is 0.0944. The minimum absolute atomic E-state index is 0.255. The SMILES string of the molecule is COc1ccc(NC(=S)NNC(=O)c2ccccc2)cc1. The van der Waals surface area contributed by atoms with Gasteiger partial charge in [-0.1, -0.05) is 18.2 Å². The van der Waals surface area contributed by atoms with E-state index in [-0.39, 0.29) is 5.91 Å². The third kappa shape index (κ3) is 4.47. The Bertz CT molecular complexity index is 615. The van der Waals surface area contributed by atoms with E-state index in [1.807, 2.05) is 30.3 Å². The Morgan fingerprint density at radius 3 is 2.29 bits per heavy atom. The van der Waals surface area contributed by atoms with E-state index in [0.29, 0.717) is 10.7 Å². The summed E-state index contributed by atoms with van der Waals surface area (Å²) in [7, 11) is 1.60. The van der Waals surface area contributed by atoms with Crippen LogP contribution in [0.3, 0.4) is 0 Å². The second-order valence-corrected chi connectivity index (χ2v) is 4.54. The Hall–Kier alpha value is -2.60. The molecule has 0 saturated heterocycles. The fourth-order valence-electron chi connectivity index (χ4n) is 1.61. The number of methoxy groups -OCH3 is 1. The maximum atomic E-state index is 11.8. The second kappa shape index (κ2) is 7.25. The molecule has 0 radical (unpaired) electrons. The van der Waals surface area contributed by atoms with E-state index in [9.17, 15) is 4.79 Å². The molecule has 0 bridgehead atoms. The fourth-order valence-corrected chi connectivity index (χ4v) is 1.78. The highest BCUT2D eigenvalue weighted by Gasteiger charge is 2.04. The number of carbonyl (C=O) groups is 1. The molecule has 0 aliphatic heterocycles. The van der Waals surface area contributed by atoms with Crippen LogP contribution in [0.15, 0.2) is 54.6 Å². The van der Waals surface area contributed by atoms with E-state index in [2.05, 4.69) is 16.2 Å². The molecule has 5 nitrogen and oxygen atoms in total. The molecule has 0 heterocycles. The molecule has 0 unspecified atom stereocenters. The predicted molar refractivity (Wildman–Crippen MR) is 86.3 cm³/mol. The van der Waals surface area contributed by atoms with Gasteiger partial charge in [0.2, 0.25) is 0 Å². The van der Waals surface area contributed by atoms with Crippen molar-refractivity contribution in [2.75, 3.05) is 12.4 Å². The fraction of sp³-hybridized carbons (Fsp3) is 0.0667. The summed E-state index contributed by atoms with van der Waals surface area (Å²) in [5, 5.41) is 3.25. The van der Waals surface area contributed by atoms with Gasteiger partial charge >= 0.3 is 0 Å². The molecule has 0 spiro atoms. The first-order valence-electron chi connectivity index (χ1n) is 6.25. The summed E-state index contributed by atoms with van der Waals surface area (Å²) in [5.74, 6) is 0.506. The molecule has 108 valence electrons. The molecule has 0 aliphatic carbocycles. The van der Waals surface area contributed by atoms with Gasteiger partial charge in [-0.3, -0.25) is 15.6 Å². The molecule has 0 atom stereocenters. The summed E-state index contributed by atoms with van der Waals surface area (Å²) < 4.78 is 5.07. The van der Waals surface area contributed by atoms with Crippen LogP contribution in [0.1, 0.15) is 10.4 Å². The van der Waals surface area contributed by atoms with Crippen molar-refractivity contribution in [1.29, 1.82) is 0 Å². The van der Waals surface area contributed by atoms with Gasteiger partial charge in [0.1, 0.15) is 5.75 Å². The highest BCUT2D eigenvalue weighted by Crippen LogP contribution is 2.14. The van der Waals surface area contributed by atoms with Crippen LogP contribution in [0.25, 0.3) is 0 Å². The number of hydrogen-bond donors (Lipinski definition) is 3. The van der Waals surface area contributed by atoms with Crippen LogP contribution >= 0.6 is 12.2 Å². The van der Waals surface area contributed by atoms with Crippen LogP contribution in [0.2, 0.25) is 0 Å². The van der Waals surface area contributed by atoms with E-state index >= 15 is 0 Å². The van der Waals surface area contributed by atoms with Crippen molar-refractivity contribution < 1.29 is 9.53 Å². The lowest BCUT2D eigenvalue weighted by Crippen LogP contribution is -2.43. The minimum Gasteiger partial charge on any atom is -0.497 e. The molecule has 2 aromatic rings. The first-order valence-corrected chi connectivity index (χ1v) is 6.66. The summed E-state index contributed by atoms with van der Waals surface area (Å²) in [6.07, 6.45) is 0. The van der Waals surface area contributed by atoms with Gasteiger partial charge in [-0.15, -0.1) is 0 Å². The van der Waals surface area contributed by atoms with Crippen LogP contribution in [-0.4, -0.2) is 18.1 Å². The molecular weight excluding hydrogens is 286 g/mol. The van der Waals surface area contributed by atoms with Crippen LogP contribution in [0, 0.1) is 0 Å². The third-order valence-electron chi connectivity index (χ3n) is 2.67. The van der Waals surface area contributed by atoms with Gasteiger partial charge in [-0.2, -0.15) is 0 Å². The molecule has 0 aliphatic rings. The summed E-state index contributed by atoms with van der Waals surface area (Å²) >= 11 is 5.10. The highest BCUT2D eigenvalue weighted by molar-refractivity contribution is 7.80. The van der Waals surface area contributed by atoms with Crippen molar-refractivity contribution in [3.63, 3.8) is 0 Å². The zero-order valence-corrected chi connectivity index (χ0v) is 12.2. The molecule has 21 heavy (non-hydrogen) atoms. The number of rotatable bonds is 3. The van der Waals surface area contributed by atoms with Gasteiger partial charge in [0.15, 0.2) is 5.11 Å².